The van der Waals surface area contributed by atoms with Crippen LogP contribution in [0, 0.1) is 0 Å². The Morgan fingerprint density at radius 1 is 0.217 bits per heavy atom. The summed E-state index contributed by atoms with van der Waals surface area (Å²) < 4.78 is 0. The molecule has 0 heteroatoms. The highest BCUT2D eigenvalue weighted by atomic mass is 14.2. The Labute approximate surface area is 268 Å². The maximum absolute atomic E-state index is 2.41. The first-order chi connectivity index (χ1) is 22.8. The van der Waals surface area contributed by atoms with E-state index in [0.717, 1.165) is 0 Å². The van der Waals surface area contributed by atoms with Gasteiger partial charge in [-0.25, -0.2) is 0 Å². The highest BCUT2D eigenvalue weighted by Gasteiger charge is 2.19. The Morgan fingerprint density at radius 2 is 0.761 bits per heavy atom. The van der Waals surface area contributed by atoms with Crippen molar-refractivity contribution in [3.8, 4) is 44.5 Å². The Bertz CT molecular complexity index is 2570. The van der Waals surface area contributed by atoms with Gasteiger partial charge in [0.15, 0.2) is 0 Å². The molecule has 0 radical (unpaired) electrons. The largest absolute Gasteiger partial charge is 0.0622 e. The maximum atomic E-state index is 2.41. The monoisotopic (exact) mass is 582 g/mol. The summed E-state index contributed by atoms with van der Waals surface area (Å²) in [4.78, 5) is 0. The van der Waals surface area contributed by atoms with Gasteiger partial charge in [-0.1, -0.05) is 164 Å². The molecular formula is C46H30. The van der Waals surface area contributed by atoms with Crippen molar-refractivity contribution in [1.29, 1.82) is 0 Å². The van der Waals surface area contributed by atoms with E-state index in [-0.39, 0.29) is 0 Å². The second kappa shape index (κ2) is 10.9. The molecule has 0 aromatic heterocycles. The normalized spacial score (nSPS) is 11.5. The molecule has 0 aliphatic carbocycles. The van der Waals surface area contributed by atoms with Crippen LogP contribution in [0.3, 0.4) is 0 Å². The van der Waals surface area contributed by atoms with E-state index >= 15 is 0 Å². The van der Waals surface area contributed by atoms with E-state index in [2.05, 4.69) is 182 Å². The van der Waals surface area contributed by atoms with E-state index in [9.17, 15) is 0 Å². The molecule has 9 aromatic rings. The first-order valence-corrected chi connectivity index (χ1v) is 15.9. The van der Waals surface area contributed by atoms with Crippen LogP contribution in [0.25, 0.3) is 87.6 Å². The lowest BCUT2D eigenvalue weighted by Crippen LogP contribution is -1.93. The van der Waals surface area contributed by atoms with Gasteiger partial charge in [0.05, 0.1) is 0 Å². The Morgan fingerprint density at radius 3 is 1.61 bits per heavy atom. The summed E-state index contributed by atoms with van der Waals surface area (Å²) in [5.74, 6) is 0. The lowest BCUT2D eigenvalue weighted by Gasteiger charge is -2.20. The van der Waals surface area contributed by atoms with Crippen LogP contribution in [0.2, 0.25) is 0 Å². The average molecular weight is 583 g/mol. The van der Waals surface area contributed by atoms with Crippen LogP contribution in [0.15, 0.2) is 182 Å². The quantitative estimate of drug-likeness (QED) is 0.181. The van der Waals surface area contributed by atoms with Crippen molar-refractivity contribution in [2.24, 2.45) is 0 Å². The fraction of sp³-hybridized carbons (Fsp3) is 0. The minimum Gasteiger partial charge on any atom is -0.0622 e. The predicted octanol–water partition coefficient (Wildman–Crippen LogP) is 13.0. The van der Waals surface area contributed by atoms with Crippen molar-refractivity contribution in [2.45, 2.75) is 0 Å². The van der Waals surface area contributed by atoms with Gasteiger partial charge in [0.25, 0.3) is 0 Å². The molecule has 0 N–H and O–H groups in total. The van der Waals surface area contributed by atoms with Gasteiger partial charge in [0.1, 0.15) is 0 Å². The zero-order chi connectivity index (χ0) is 30.5. The SMILES string of the molecule is c1ccc(-c2ccc3c(-c4cccc(-c5ccc6ccccc6c5)c4)c4ccccc4c(-c4cccc5ccccc45)c3c2)cc1. The minimum atomic E-state index is 1.22. The molecule has 0 amide bonds. The summed E-state index contributed by atoms with van der Waals surface area (Å²) >= 11 is 0. The van der Waals surface area contributed by atoms with E-state index in [1.165, 1.54) is 87.6 Å². The van der Waals surface area contributed by atoms with Gasteiger partial charge >= 0.3 is 0 Å². The second-order valence-electron chi connectivity index (χ2n) is 12.1. The zero-order valence-corrected chi connectivity index (χ0v) is 25.3. The van der Waals surface area contributed by atoms with Crippen LogP contribution in [-0.4, -0.2) is 0 Å². The maximum Gasteiger partial charge on any atom is -0.00199 e. The van der Waals surface area contributed by atoms with Crippen LogP contribution < -0.4 is 0 Å². The summed E-state index contributed by atoms with van der Waals surface area (Å²) in [6.07, 6.45) is 0. The molecule has 0 aliphatic heterocycles. The molecule has 0 heterocycles. The van der Waals surface area contributed by atoms with Crippen LogP contribution >= 0.6 is 0 Å². The number of hydrogen-bond donors (Lipinski definition) is 0. The molecule has 0 bridgehead atoms. The summed E-state index contributed by atoms with van der Waals surface area (Å²) in [7, 11) is 0. The van der Waals surface area contributed by atoms with Gasteiger partial charge in [0.2, 0.25) is 0 Å². The van der Waals surface area contributed by atoms with E-state index in [4.69, 9.17) is 0 Å². The molecule has 0 fully saturated rings. The smallest absolute Gasteiger partial charge is 0.00199 e. The Kier molecular flexibility index (Phi) is 6.25. The minimum absolute atomic E-state index is 1.22. The molecule has 9 rings (SSSR count). The third-order valence-corrected chi connectivity index (χ3v) is 9.42. The van der Waals surface area contributed by atoms with Crippen LogP contribution in [0.4, 0.5) is 0 Å². The highest BCUT2D eigenvalue weighted by molar-refractivity contribution is 6.24. The third kappa shape index (κ3) is 4.38. The van der Waals surface area contributed by atoms with Crippen LogP contribution in [0.5, 0.6) is 0 Å². The summed E-state index contributed by atoms with van der Waals surface area (Å²) in [6, 6.07) is 66.6. The first kappa shape index (κ1) is 26.4. The van der Waals surface area contributed by atoms with Crippen molar-refractivity contribution in [3.05, 3.63) is 182 Å². The fourth-order valence-corrected chi connectivity index (χ4v) is 7.26. The number of rotatable bonds is 4. The van der Waals surface area contributed by atoms with Gasteiger partial charge in [-0.3, -0.25) is 0 Å². The lowest BCUT2D eigenvalue weighted by atomic mass is 9.83. The molecule has 0 unspecified atom stereocenters. The fourth-order valence-electron chi connectivity index (χ4n) is 7.26. The second-order valence-corrected chi connectivity index (χ2v) is 12.1. The van der Waals surface area contributed by atoms with E-state index in [1.54, 1.807) is 0 Å². The van der Waals surface area contributed by atoms with Gasteiger partial charge in [-0.2, -0.15) is 0 Å². The topological polar surface area (TPSA) is 0 Å². The van der Waals surface area contributed by atoms with E-state index in [0.29, 0.717) is 0 Å². The van der Waals surface area contributed by atoms with Gasteiger partial charge in [-0.05, 0) is 106 Å². The molecule has 0 saturated carbocycles. The highest BCUT2D eigenvalue weighted by Crippen LogP contribution is 2.46. The Hall–Kier alpha value is -5.98. The molecule has 9 aromatic carbocycles. The third-order valence-electron chi connectivity index (χ3n) is 9.42. The number of benzene rings is 9. The molecule has 46 heavy (non-hydrogen) atoms. The predicted molar refractivity (Wildman–Crippen MR) is 198 cm³/mol. The number of hydrogen-bond acceptors (Lipinski definition) is 0. The average Bonchev–Trinajstić information content (AvgIpc) is 3.13. The van der Waals surface area contributed by atoms with Crippen molar-refractivity contribution in [2.75, 3.05) is 0 Å². The van der Waals surface area contributed by atoms with Crippen LogP contribution in [-0.2, 0) is 0 Å². The van der Waals surface area contributed by atoms with Gasteiger partial charge < -0.3 is 0 Å². The summed E-state index contributed by atoms with van der Waals surface area (Å²) in [5.41, 5.74) is 9.95. The molecular weight excluding hydrogens is 553 g/mol. The first-order valence-electron chi connectivity index (χ1n) is 15.9. The lowest BCUT2D eigenvalue weighted by molar-refractivity contribution is 1.62. The number of fused-ring (bicyclic) bond motifs is 4. The van der Waals surface area contributed by atoms with Crippen molar-refractivity contribution >= 4 is 43.1 Å². The molecule has 0 nitrogen and oxygen atoms in total. The van der Waals surface area contributed by atoms with Crippen molar-refractivity contribution in [1.82, 2.24) is 0 Å². The van der Waals surface area contributed by atoms with E-state index in [1.807, 2.05) is 0 Å². The molecule has 0 atom stereocenters. The molecule has 0 saturated heterocycles. The summed E-state index contributed by atoms with van der Waals surface area (Å²) in [6.45, 7) is 0. The van der Waals surface area contributed by atoms with Gasteiger partial charge in [0, 0.05) is 0 Å². The van der Waals surface area contributed by atoms with Crippen molar-refractivity contribution < 1.29 is 0 Å². The zero-order valence-electron chi connectivity index (χ0n) is 25.3. The van der Waals surface area contributed by atoms with E-state index < -0.39 is 0 Å². The molecule has 0 spiro atoms. The molecule has 0 aliphatic rings. The Balaban J connectivity index is 1.36. The standard InChI is InChI=1S/C46H30/c1-2-12-31(13-3-1)37-26-27-43-44(30-37)46(40-23-11-17-33-15-6-7-20-39(33)40)42-22-9-8-21-41(42)45(43)38-19-10-18-35(29-38)36-25-24-32-14-4-5-16-34(32)28-36/h1-30H. The molecule has 214 valence electrons. The van der Waals surface area contributed by atoms with Gasteiger partial charge in [-0.15, -0.1) is 0 Å². The summed E-state index contributed by atoms with van der Waals surface area (Å²) in [5, 5.41) is 10.1. The van der Waals surface area contributed by atoms with Crippen LogP contribution in [0.1, 0.15) is 0 Å². The van der Waals surface area contributed by atoms with Crippen molar-refractivity contribution in [3.63, 3.8) is 0 Å².